The minimum atomic E-state index is -0.845. The maximum absolute atomic E-state index is 9.40. The van der Waals surface area contributed by atoms with Crippen LogP contribution in [0.4, 0.5) is 0 Å². The number of aliphatic hydroxyl groups is 2. The van der Waals surface area contributed by atoms with Crippen molar-refractivity contribution in [1.29, 1.82) is 0 Å². The molecular formula is C7H13BO4. The van der Waals surface area contributed by atoms with Crippen molar-refractivity contribution >= 4 is 7.85 Å². The van der Waals surface area contributed by atoms with Crippen LogP contribution < -0.4 is 0 Å². The Labute approximate surface area is 72.9 Å². The second kappa shape index (κ2) is 4.23. The van der Waals surface area contributed by atoms with Crippen LogP contribution in [0.3, 0.4) is 0 Å². The van der Waals surface area contributed by atoms with E-state index in [-0.39, 0.29) is 6.61 Å². The highest BCUT2D eigenvalue weighted by molar-refractivity contribution is 6.11. The molecular weight excluding hydrogens is 159 g/mol. The van der Waals surface area contributed by atoms with Gasteiger partial charge in [0.05, 0.1) is 6.61 Å². The van der Waals surface area contributed by atoms with Crippen molar-refractivity contribution < 1.29 is 19.7 Å². The van der Waals surface area contributed by atoms with Gasteiger partial charge in [-0.05, 0) is 6.92 Å². The van der Waals surface area contributed by atoms with Gasteiger partial charge in [0.15, 0.2) is 0 Å². The lowest BCUT2D eigenvalue weighted by Gasteiger charge is -2.18. The summed E-state index contributed by atoms with van der Waals surface area (Å²) in [5.41, 5.74) is 0. The van der Waals surface area contributed by atoms with Gasteiger partial charge in [0.25, 0.3) is 0 Å². The Balaban J connectivity index is 2.53. The van der Waals surface area contributed by atoms with E-state index in [0.29, 0.717) is 6.61 Å². The zero-order chi connectivity index (χ0) is 9.14. The molecule has 1 aliphatic heterocycles. The average molecular weight is 172 g/mol. The van der Waals surface area contributed by atoms with E-state index in [4.69, 9.17) is 22.4 Å². The molecule has 12 heavy (non-hydrogen) atoms. The predicted octanol–water partition coefficient (Wildman–Crippen LogP) is -1.36. The molecule has 0 saturated carbocycles. The molecule has 2 radical (unpaired) electrons. The average Bonchev–Trinajstić information content (AvgIpc) is 2.33. The molecule has 1 unspecified atom stereocenters. The molecule has 0 aromatic carbocycles. The molecule has 0 aromatic heterocycles. The Kier molecular flexibility index (Phi) is 3.52. The van der Waals surface area contributed by atoms with Crippen LogP contribution in [0, 0.1) is 0 Å². The lowest BCUT2D eigenvalue weighted by Crippen LogP contribution is -2.36. The topological polar surface area (TPSA) is 58.9 Å². The highest BCUT2D eigenvalue weighted by Gasteiger charge is 2.40. The zero-order valence-corrected chi connectivity index (χ0v) is 7.01. The molecule has 1 fully saturated rings. The van der Waals surface area contributed by atoms with Gasteiger partial charge in [0, 0.05) is 12.6 Å². The third kappa shape index (κ3) is 1.80. The van der Waals surface area contributed by atoms with E-state index in [9.17, 15) is 5.11 Å². The quantitative estimate of drug-likeness (QED) is 0.516. The van der Waals surface area contributed by atoms with Crippen LogP contribution in [0.25, 0.3) is 0 Å². The third-order valence-electron chi connectivity index (χ3n) is 1.91. The Bertz CT molecular complexity index is 143. The molecule has 5 heteroatoms. The standard InChI is InChI=1S/C7H13BO4/c1-2-11-6-4(3-9)12-7(8)5(6)10/h4-7,9-10H,2-3H2,1H3/t4-,5+,6?,7-/m1/s1. The molecule has 1 rings (SSSR count). The lowest BCUT2D eigenvalue weighted by molar-refractivity contribution is -0.0489. The Morgan fingerprint density at radius 2 is 2.25 bits per heavy atom. The maximum Gasteiger partial charge on any atom is 0.113 e. The van der Waals surface area contributed by atoms with Crippen molar-refractivity contribution in [2.24, 2.45) is 0 Å². The summed E-state index contributed by atoms with van der Waals surface area (Å²) in [5.74, 6) is 0. The third-order valence-corrected chi connectivity index (χ3v) is 1.91. The fourth-order valence-corrected chi connectivity index (χ4v) is 1.31. The number of hydrogen-bond acceptors (Lipinski definition) is 4. The van der Waals surface area contributed by atoms with E-state index >= 15 is 0 Å². The number of hydrogen-bond donors (Lipinski definition) is 2. The van der Waals surface area contributed by atoms with Crippen LogP contribution in [0.1, 0.15) is 6.92 Å². The summed E-state index contributed by atoms with van der Waals surface area (Å²) in [6.07, 6.45) is -1.85. The van der Waals surface area contributed by atoms with Crippen LogP contribution in [-0.4, -0.2) is 55.6 Å². The molecule has 0 aliphatic carbocycles. The molecule has 2 N–H and O–H groups in total. The Morgan fingerprint density at radius 3 is 2.75 bits per heavy atom. The van der Waals surface area contributed by atoms with Gasteiger partial charge in [0.2, 0.25) is 0 Å². The molecule has 0 aromatic rings. The van der Waals surface area contributed by atoms with Crippen molar-refractivity contribution in [2.45, 2.75) is 31.2 Å². The van der Waals surface area contributed by atoms with E-state index in [1.165, 1.54) is 0 Å². The second-order valence-electron chi connectivity index (χ2n) is 2.73. The molecule has 4 nitrogen and oxygen atoms in total. The Morgan fingerprint density at radius 1 is 1.58 bits per heavy atom. The summed E-state index contributed by atoms with van der Waals surface area (Å²) < 4.78 is 10.2. The lowest BCUT2D eigenvalue weighted by atomic mass is 9.93. The van der Waals surface area contributed by atoms with Gasteiger partial charge in [-0.2, -0.15) is 0 Å². The first kappa shape index (κ1) is 9.99. The summed E-state index contributed by atoms with van der Waals surface area (Å²) in [7, 11) is 5.40. The largest absolute Gasteiger partial charge is 0.394 e. The highest BCUT2D eigenvalue weighted by Crippen LogP contribution is 2.21. The normalized spacial score (nSPS) is 41.9. The molecule has 1 aliphatic rings. The first-order valence-corrected chi connectivity index (χ1v) is 4.02. The summed E-state index contributed by atoms with van der Waals surface area (Å²) >= 11 is 0. The first-order valence-electron chi connectivity index (χ1n) is 4.02. The minimum Gasteiger partial charge on any atom is -0.394 e. The van der Waals surface area contributed by atoms with Crippen molar-refractivity contribution in [3.8, 4) is 0 Å². The van der Waals surface area contributed by atoms with Crippen molar-refractivity contribution in [1.82, 2.24) is 0 Å². The molecule has 1 saturated heterocycles. The molecule has 68 valence electrons. The fraction of sp³-hybridized carbons (Fsp3) is 1.00. The van der Waals surface area contributed by atoms with Gasteiger partial charge in [-0.1, -0.05) is 0 Å². The van der Waals surface area contributed by atoms with Gasteiger partial charge in [0.1, 0.15) is 26.2 Å². The highest BCUT2D eigenvalue weighted by atomic mass is 16.6. The van der Waals surface area contributed by atoms with Gasteiger partial charge < -0.3 is 19.7 Å². The van der Waals surface area contributed by atoms with E-state index in [2.05, 4.69) is 0 Å². The van der Waals surface area contributed by atoms with Crippen molar-refractivity contribution in [3.05, 3.63) is 0 Å². The number of rotatable bonds is 3. The van der Waals surface area contributed by atoms with Crippen LogP contribution in [0.5, 0.6) is 0 Å². The van der Waals surface area contributed by atoms with Crippen LogP contribution in [0.2, 0.25) is 0 Å². The van der Waals surface area contributed by atoms with E-state index in [1.54, 1.807) is 0 Å². The number of aliphatic hydroxyl groups excluding tert-OH is 2. The molecule has 0 spiro atoms. The summed E-state index contributed by atoms with van der Waals surface area (Å²) in [5, 5.41) is 18.2. The van der Waals surface area contributed by atoms with Crippen molar-refractivity contribution in [2.75, 3.05) is 13.2 Å². The SMILES string of the molecule is [B][C@@H]1O[C@H](CO)C(OCC)[C@@H]1O. The summed E-state index contributed by atoms with van der Waals surface area (Å²) in [4.78, 5) is 0. The van der Waals surface area contributed by atoms with E-state index in [0.717, 1.165) is 0 Å². The first-order chi connectivity index (χ1) is 5.70. The zero-order valence-electron chi connectivity index (χ0n) is 7.01. The predicted molar refractivity (Wildman–Crippen MR) is 42.9 cm³/mol. The van der Waals surface area contributed by atoms with Crippen LogP contribution >= 0.6 is 0 Å². The van der Waals surface area contributed by atoms with Gasteiger partial charge in [-0.15, -0.1) is 0 Å². The maximum atomic E-state index is 9.40. The second-order valence-corrected chi connectivity index (χ2v) is 2.73. The van der Waals surface area contributed by atoms with Gasteiger partial charge in [-0.25, -0.2) is 0 Å². The van der Waals surface area contributed by atoms with Gasteiger partial charge >= 0.3 is 0 Å². The summed E-state index contributed by atoms with van der Waals surface area (Å²) in [6.45, 7) is 2.09. The smallest absolute Gasteiger partial charge is 0.113 e. The van der Waals surface area contributed by atoms with E-state index in [1.807, 2.05) is 6.92 Å². The minimum absolute atomic E-state index is 0.185. The molecule has 1 heterocycles. The fourth-order valence-electron chi connectivity index (χ4n) is 1.31. The number of ether oxygens (including phenoxy) is 2. The van der Waals surface area contributed by atoms with Crippen molar-refractivity contribution in [3.63, 3.8) is 0 Å². The molecule has 0 amide bonds. The molecule has 0 bridgehead atoms. The van der Waals surface area contributed by atoms with Gasteiger partial charge in [-0.3, -0.25) is 0 Å². The van der Waals surface area contributed by atoms with E-state index < -0.39 is 24.3 Å². The van der Waals surface area contributed by atoms with Crippen LogP contribution in [-0.2, 0) is 9.47 Å². The summed E-state index contributed by atoms with van der Waals surface area (Å²) in [6, 6.07) is -0.751. The Hall–Kier alpha value is -0.0951. The van der Waals surface area contributed by atoms with Crippen LogP contribution in [0.15, 0.2) is 0 Å². The molecule has 4 atom stereocenters. The monoisotopic (exact) mass is 172 g/mol.